The first-order valence-corrected chi connectivity index (χ1v) is 12.0. The number of anilines is 1. The van der Waals surface area contributed by atoms with Gasteiger partial charge >= 0.3 is 0 Å². The molecular weight excluding hydrogens is 468 g/mol. The van der Waals surface area contributed by atoms with Gasteiger partial charge in [-0.05, 0) is 29.8 Å². The number of hydrogen-bond donors (Lipinski definition) is 1. The van der Waals surface area contributed by atoms with Crippen LogP contribution in [0.5, 0.6) is 17.2 Å². The Balaban J connectivity index is 1.36. The molecule has 5 aromatic rings. The molecule has 3 aromatic carbocycles. The Hall–Kier alpha value is -4.85. The number of aromatic amines is 1. The predicted octanol–water partition coefficient (Wildman–Crippen LogP) is 5.15. The molecule has 1 N–H and O–H groups in total. The minimum atomic E-state index is -0.327. The molecule has 1 unspecified atom stereocenters. The van der Waals surface area contributed by atoms with E-state index in [2.05, 4.69) is 4.98 Å². The molecule has 0 spiro atoms. The minimum Gasteiger partial charge on any atom is -0.496 e. The van der Waals surface area contributed by atoms with Crippen LogP contribution < -0.4 is 19.1 Å². The highest BCUT2D eigenvalue weighted by atomic mass is 16.7. The summed E-state index contributed by atoms with van der Waals surface area (Å²) >= 11 is 0. The average molecular weight is 491 g/mol. The van der Waals surface area contributed by atoms with Gasteiger partial charge in [0.2, 0.25) is 12.7 Å². The van der Waals surface area contributed by atoms with Crippen molar-refractivity contribution in [2.45, 2.75) is 6.04 Å². The average Bonchev–Trinajstić information content (AvgIpc) is 3.57. The Morgan fingerprint density at radius 2 is 1.76 bits per heavy atom. The third-order valence-electron chi connectivity index (χ3n) is 6.94. The van der Waals surface area contributed by atoms with Crippen molar-refractivity contribution < 1.29 is 19.0 Å². The van der Waals surface area contributed by atoms with E-state index in [1.165, 1.54) is 0 Å². The highest BCUT2D eigenvalue weighted by Crippen LogP contribution is 2.43. The molecule has 0 amide bonds. The number of ether oxygens (including phenoxy) is 3. The first kappa shape index (κ1) is 21.4. The van der Waals surface area contributed by atoms with Gasteiger partial charge in [-0.3, -0.25) is 4.79 Å². The number of nitrogens with one attached hydrogen (secondary N) is 1. The summed E-state index contributed by atoms with van der Waals surface area (Å²) in [5.74, 6) is 2.60. The van der Waals surface area contributed by atoms with E-state index in [9.17, 15) is 4.79 Å². The maximum Gasteiger partial charge on any atom is 0.231 e. The fourth-order valence-corrected chi connectivity index (χ4v) is 5.26. The highest BCUT2D eigenvalue weighted by Gasteiger charge is 2.38. The molecule has 182 valence electrons. The van der Waals surface area contributed by atoms with Crippen molar-refractivity contribution in [1.82, 2.24) is 15.0 Å². The van der Waals surface area contributed by atoms with Gasteiger partial charge < -0.3 is 24.1 Å². The number of Topliss-reactive ketones (excluding diaryl/α,β-unsaturated/α-hetero) is 1. The van der Waals surface area contributed by atoms with Gasteiger partial charge in [0.15, 0.2) is 17.3 Å². The fourth-order valence-electron chi connectivity index (χ4n) is 5.26. The highest BCUT2D eigenvalue weighted by molar-refractivity contribution is 6.12. The Labute approximate surface area is 212 Å². The zero-order chi connectivity index (χ0) is 24.9. The molecule has 2 aliphatic rings. The number of benzene rings is 3. The number of hydrogen-bond acceptors (Lipinski definition) is 7. The zero-order valence-corrected chi connectivity index (χ0v) is 20.0. The largest absolute Gasteiger partial charge is 0.496 e. The lowest BCUT2D eigenvalue weighted by Gasteiger charge is -2.35. The van der Waals surface area contributed by atoms with Crippen LogP contribution in [0.25, 0.3) is 22.0 Å². The van der Waals surface area contributed by atoms with Crippen molar-refractivity contribution >= 4 is 22.6 Å². The van der Waals surface area contributed by atoms with Crippen LogP contribution in [0.1, 0.15) is 27.7 Å². The van der Waals surface area contributed by atoms with E-state index in [0.29, 0.717) is 23.0 Å². The molecule has 2 aliphatic heterocycles. The number of methoxy groups -OCH3 is 1. The fraction of sp³-hybridized carbons (Fsp3) is 0.138. The molecule has 8 nitrogen and oxygen atoms in total. The van der Waals surface area contributed by atoms with Crippen molar-refractivity contribution in [2.24, 2.45) is 0 Å². The van der Waals surface area contributed by atoms with Crippen molar-refractivity contribution in [3.63, 3.8) is 0 Å². The molecule has 0 radical (unpaired) electrons. The summed E-state index contributed by atoms with van der Waals surface area (Å²) in [7, 11) is 1.64. The first-order valence-electron chi connectivity index (χ1n) is 12.0. The summed E-state index contributed by atoms with van der Waals surface area (Å²) in [5.41, 5.74) is 5.11. The molecule has 2 aromatic heterocycles. The second kappa shape index (κ2) is 8.37. The van der Waals surface area contributed by atoms with E-state index in [1.807, 2.05) is 71.6 Å². The Bertz CT molecular complexity index is 1660. The zero-order valence-electron chi connectivity index (χ0n) is 20.0. The third kappa shape index (κ3) is 3.41. The second-order valence-electron chi connectivity index (χ2n) is 9.00. The monoisotopic (exact) mass is 490 g/mol. The number of ketones is 1. The lowest BCUT2D eigenvalue weighted by molar-refractivity contribution is 0.0990. The number of H-pyrrole nitrogens is 1. The van der Waals surface area contributed by atoms with Gasteiger partial charge in [-0.2, -0.15) is 0 Å². The van der Waals surface area contributed by atoms with Crippen molar-refractivity contribution in [1.29, 1.82) is 0 Å². The van der Waals surface area contributed by atoms with Crippen LogP contribution in [-0.2, 0) is 0 Å². The number of aromatic nitrogens is 3. The van der Waals surface area contributed by atoms with Gasteiger partial charge in [0, 0.05) is 34.4 Å². The van der Waals surface area contributed by atoms with E-state index in [4.69, 9.17) is 24.2 Å². The van der Waals surface area contributed by atoms with E-state index in [1.54, 1.807) is 19.5 Å². The quantitative estimate of drug-likeness (QED) is 0.372. The van der Waals surface area contributed by atoms with E-state index < -0.39 is 0 Å². The summed E-state index contributed by atoms with van der Waals surface area (Å²) in [6, 6.07) is 21.2. The standard InChI is InChI=1S/C29H22N4O4/c1-35-23-9-5-3-6-19(23)18-13-30-29(31-14-18)33-15-22(34)26-20-7-2-4-8-21(20)32-27(26)28(33)17-10-11-24-25(12-17)37-16-36-24/h2-14,28,32H,15-16H2,1H3. The lowest BCUT2D eigenvalue weighted by atomic mass is 9.91. The molecule has 0 aliphatic carbocycles. The minimum absolute atomic E-state index is 0.0156. The molecule has 0 fully saturated rings. The number of rotatable bonds is 4. The van der Waals surface area contributed by atoms with Gasteiger partial charge in [0.1, 0.15) is 5.75 Å². The summed E-state index contributed by atoms with van der Waals surface area (Å²) in [4.78, 5) is 28.3. The normalized spacial score (nSPS) is 16.2. The van der Waals surface area contributed by atoms with Crippen LogP contribution in [0.4, 0.5) is 5.95 Å². The van der Waals surface area contributed by atoms with Gasteiger partial charge in [-0.1, -0.05) is 42.5 Å². The summed E-state index contributed by atoms with van der Waals surface area (Å²) in [6.07, 6.45) is 3.53. The molecule has 7 rings (SSSR count). The van der Waals surface area contributed by atoms with E-state index in [-0.39, 0.29) is 25.2 Å². The molecule has 1 atom stereocenters. The van der Waals surface area contributed by atoms with Crippen LogP contribution in [0.2, 0.25) is 0 Å². The Morgan fingerprint density at radius 3 is 2.62 bits per heavy atom. The summed E-state index contributed by atoms with van der Waals surface area (Å²) < 4.78 is 16.7. The summed E-state index contributed by atoms with van der Waals surface area (Å²) in [6.45, 7) is 0.332. The van der Waals surface area contributed by atoms with Crippen LogP contribution in [0, 0.1) is 0 Å². The predicted molar refractivity (Wildman–Crippen MR) is 138 cm³/mol. The summed E-state index contributed by atoms with van der Waals surface area (Å²) in [5, 5.41) is 0.917. The number of para-hydroxylation sites is 2. The molecule has 37 heavy (non-hydrogen) atoms. The molecular formula is C29H22N4O4. The van der Waals surface area contributed by atoms with Gasteiger partial charge in [-0.15, -0.1) is 0 Å². The molecule has 8 heteroatoms. The smallest absolute Gasteiger partial charge is 0.231 e. The maximum atomic E-state index is 13.5. The van der Waals surface area contributed by atoms with Crippen LogP contribution >= 0.6 is 0 Å². The second-order valence-corrected chi connectivity index (χ2v) is 9.00. The van der Waals surface area contributed by atoms with Crippen molar-refractivity contribution in [3.05, 3.63) is 95.9 Å². The first-order chi connectivity index (χ1) is 18.2. The van der Waals surface area contributed by atoms with Gasteiger partial charge in [-0.25, -0.2) is 9.97 Å². The number of fused-ring (bicyclic) bond motifs is 4. The van der Waals surface area contributed by atoms with Crippen LogP contribution in [0.15, 0.2) is 79.1 Å². The SMILES string of the molecule is COc1ccccc1-c1cnc(N2CC(=O)c3c([nH]c4ccccc34)C2c2ccc3c(c2)OCO3)nc1. The van der Waals surface area contributed by atoms with E-state index >= 15 is 0 Å². The Morgan fingerprint density at radius 1 is 0.973 bits per heavy atom. The number of carbonyl (C=O) groups excluding carboxylic acids is 1. The maximum absolute atomic E-state index is 13.5. The van der Waals surface area contributed by atoms with Gasteiger partial charge in [0.25, 0.3) is 0 Å². The molecule has 0 saturated carbocycles. The number of carbonyl (C=O) groups is 1. The molecule has 0 saturated heterocycles. The van der Waals surface area contributed by atoms with E-state index in [0.717, 1.165) is 39.0 Å². The van der Waals surface area contributed by atoms with Crippen LogP contribution in [-0.4, -0.2) is 41.2 Å². The van der Waals surface area contributed by atoms with Crippen molar-refractivity contribution in [2.75, 3.05) is 25.3 Å². The molecule has 4 heterocycles. The lowest BCUT2D eigenvalue weighted by Crippen LogP contribution is -2.40. The van der Waals surface area contributed by atoms with Crippen LogP contribution in [0.3, 0.4) is 0 Å². The van der Waals surface area contributed by atoms with Gasteiger partial charge in [0.05, 0.1) is 31.0 Å². The Kier molecular flexibility index (Phi) is 4.85. The number of nitrogens with zero attached hydrogens (tertiary/aromatic N) is 3. The molecule has 0 bridgehead atoms. The topological polar surface area (TPSA) is 89.6 Å². The van der Waals surface area contributed by atoms with Crippen molar-refractivity contribution in [3.8, 4) is 28.4 Å². The third-order valence-corrected chi connectivity index (χ3v) is 6.94.